The van der Waals surface area contributed by atoms with Crippen molar-refractivity contribution in [1.82, 2.24) is 14.8 Å². The number of hydrogen-bond donors (Lipinski definition) is 3. The zero-order chi connectivity index (χ0) is 34.6. The molecule has 0 radical (unpaired) electrons. The van der Waals surface area contributed by atoms with E-state index in [0.29, 0.717) is 11.5 Å². The molecule has 10 nitrogen and oxygen atoms in total. The van der Waals surface area contributed by atoms with E-state index in [1.165, 1.54) is 57.3 Å². The normalized spacial score (nSPS) is 20.1. The van der Waals surface area contributed by atoms with Crippen LogP contribution in [0.25, 0.3) is 0 Å². The second kappa shape index (κ2) is 16.9. The van der Waals surface area contributed by atoms with Crippen LogP contribution in [0.4, 0.5) is 39.5 Å². The summed E-state index contributed by atoms with van der Waals surface area (Å²) in [6.07, 6.45) is -4.63. The van der Waals surface area contributed by atoms with Crippen LogP contribution in [0.1, 0.15) is 37.7 Å². The van der Waals surface area contributed by atoms with Gasteiger partial charge in [0, 0.05) is 38.1 Å². The summed E-state index contributed by atoms with van der Waals surface area (Å²) in [5, 5.41) is 21.4. The van der Waals surface area contributed by atoms with Gasteiger partial charge in [0.25, 0.3) is 0 Å². The van der Waals surface area contributed by atoms with Crippen molar-refractivity contribution in [3.63, 3.8) is 0 Å². The van der Waals surface area contributed by atoms with Crippen LogP contribution >= 0.6 is 0 Å². The Balaban J connectivity index is 0.000000396. The number of pyridine rings is 1. The lowest BCUT2D eigenvalue weighted by Gasteiger charge is -2.39. The molecule has 3 fully saturated rings. The highest BCUT2D eigenvalue weighted by molar-refractivity contribution is 5.73. The van der Waals surface area contributed by atoms with Crippen molar-refractivity contribution in [1.29, 1.82) is 0 Å². The van der Waals surface area contributed by atoms with Crippen molar-refractivity contribution in [2.75, 3.05) is 39.9 Å². The first kappa shape index (κ1) is 39.8. The highest BCUT2D eigenvalue weighted by Crippen LogP contribution is 2.43. The van der Waals surface area contributed by atoms with Crippen molar-refractivity contribution in [2.24, 2.45) is 11.3 Å². The summed E-state index contributed by atoms with van der Waals surface area (Å²) >= 11 is 0. The fourth-order valence-electron chi connectivity index (χ4n) is 4.52. The average molecular weight is 672 g/mol. The Hall–Kier alpha value is -3.19. The molecule has 3 heterocycles. The fourth-order valence-corrected chi connectivity index (χ4v) is 4.52. The summed E-state index contributed by atoms with van der Waals surface area (Å²) in [5.74, 6) is -7.39. The SMILES string of the molecule is CN1CC2(CCN(Cc3cccnc3)CC2)CC1COCC1CC1.O=C(O)C(F)(F)F.O=C(O)C(F)(F)F.O=C(O)C(F)(F)F. The number of nitrogens with zero attached hydrogens (tertiary/aromatic N) is 3. The number of aliphatic carboxylic acids is 3. The maximum absolute atomic E-state index is 10.6. The summed E-state index contributed by atoms with van der Waals surface area (Å²) in [5.41, 5.74) is 1.87. The Morgan fingerprint density at radius 1 is 0.889 bits per heavy atom. The Morgan fingerprint density at radius 2 is 1.36 bits per heavy atom. The molecule has 19 heteroatoms. The van der Waals surface area contributed by atoms with Crippen LogP contribution in [0, 0.1) is 11.3 Å². The lowest BCUT2D eigenvalue weighted by atomic mass is 9.76. The van der Waals surface area contributed by atoms with Crippen molar-refractivity contribution in [3.8, 4) is 0 Å². The van der Waals surface area contributed by atoms with Gasteiger partial charge in [0.1, 0.15) is 0 Å². The molecule has 3 aliphatic rings. The Kier molecular flexibility index (Phi) is 15.0. The van der Waals surface area contributed by atoms with Crippen LogP contribution in [0.15, 0.2) is 24.5 Å². The Bertz CT molecular complexity index is 1020. The van der Waals surface area contributed by atoms with Gasteiger partial charge in [0.15, 0.2) is 0 Å². The standard InChI is InChI=1S/C20H31N3O.3C2HF3O2/c1-22-16-20(11-19(22)15-24-14-17-4-5-17)6-9-23(10-7-20)13-18-3-2-8-21-12-18;3*3-2(4,5)1(6)7/h2-3,8,12,17,19H,4-7,9-11,13-16H2,1H3;3*(H,6,7). The predicted molar refractivity (Wildman–Crippen MR) is 137 cm³/mol. The lowest BCUT2D eigenvalue weighted by molar-refractivity contribution is -0.193. The third-order valence-corrected chi connectivity index (χ3v) is 7.01. The minimum atomic E-state index is -5.08. The van der Waals surface area contributed by atoms with E-state index in [4.69, 9.17) is 34.4 Å². The number of carboxylic acid groups (broad SMARTS) is 3. The van der Waals surface area contributed by atoms with Crippen molar-refractivity contribution < 1.29 is 74.0 Å². The number of halogens is 9. The van der Waals surface area contributed by atoms with Gasteiger partial charge in [0.05, 0.1) is 6.61 Å². The number of aromatic nitrogens is 1. The molecule has 1 spiro atoms. The average Bonchev–Trinajstić information content (AvgIpc) is 3.69. The van der Waals surface area contributed by atoms with E-state index in [9.17, 15) is 39.5 Å². The molecule has 0 bridgehead atoms. The lowest BCUT2D eigenvalue weighted by Crippen LogP contribution is -2.40. The van der Waals surface area contributed by atoms with Crippen LogP contribution in [0.5, 0.6) is 0 Å². The zero-order valence-corrected chi connectivity index (χ0v) is 24.0. The maximum atomic E-state index is 10.6. The largest absolute Gasteiger partial charge is 0.490 e. The van der Waals surface area contributed by atoms with Gasteiger partial charge in [0.2, 0.25) is 0 Å². The summed E-state index contributed by atoms with van der Waals surface area (Å²) in [6.45, 7) is 6.68. The second-order valence-corrected chi connectivity index (χ2v) is 10.8. The Labute approximate surface area is 251 Å². The van der Waals surface area contributed by atoms with Crippen molar-refractivity contribution in [3.05, 3.63) is 30.1 Å². The minimum absolute atomic E-state index is 0.536. The number of carboxylic acids is 3. The molecular weight excluding hydrogens is 637 g/mol. The number of hydrogen-bond acceptors (Lipinski definition) is 7. The number of carbonyl (C=O) groups is 3. The van der Waals surface area contributed by atoms with E-state index in [1.807, 2.05) is 18.5 Å². The van der Waals surface area contributed by atoms with Crippen molar-refractivity contribution in [2.45, 2.75) is 63.2 Å². The van der Waals surface area contributed by atoms with Gasteiger partial charge in [-0.05, 0) is 75.2 Å². The first-order chi connectivity index (χ1) is 20.6. The molecule has 4 rings (SSSR count). The van der Waals surface area contributed by atoms with E-state index in [1.54, 1.807) is 0 Å². The molecule has 258 valence electrons. The van der Waals surface area contributed by atoms with E-state index < -0.39 is 36.4 Å². The van der Waals surface area contributed by atoms with Gasteiger partial charge >= 0.3 is 36.4 Å². The van der Waals surface area contributed by atoms with E-state index >= 15 is 0 Å². The summed E-state index contributed by atoms with van der Waals surface area (Å²) in [7, 11) is 2.29. The topological polar surface area (TPSA) is 140 Å². The van der Waals surface area contributed by atoms with E-state index in [0.717, 1.165) is 25.7 Å². The molecule has 45 heavy (non-hydrogen) atoms. The third kappa shape index (κ3) is 16.1. The van der Waals surface area contributed by atoms with E-state index in [2.05, 4.69) is 27.9 Å². The van der Waals surface area contributed by atoms with Gasteiger partial charge < -0.3 is 25.0 Å². The van der Waals surface area contributed by atoms with Gasteiger partial charge in [-0.3, -0.25) is 9.88 Å². The molecule has 1 saturated carbocycles. The highest BCUT2D eigenvalue weighted by atomic mass is 19.4. The predicted octanol–water partition coefficient (Wildman–Crippen LogP) is 4.69. The molecule has 1 aliphatic carbocycles. The van der Waals surface area contributed by atoms with Gasteiger partial charge in [-0.15, -0.1) is 0 Å². The summed E-state index contributed by atoms with van der Waals surface area (Å²) in [4.78, 5) is 36.1. The zero-order valence-electron chi connectivity index (χ0n) is 24.0. The molecule has 2 aliphatic heterocycles. The molecule has 1 atom stereocenters. The number of piperidine rings is 1. The molecule has 1 aromatic heterocycles. The molecule has 3 N–H and O–H groups in total. The number of likely N-dealkylation sites (N-methyl/N-ethyl adjacent to an activating group) is 1. The van der Waals surface area contributed by atoms with Gasteiger partial charge in [-0.1, -0.05) is 6.07 Å². The van der Waals surface area contributed by atoms with E-state index in [-0.39, 0.29) is 0 Å². The summed E-state index contributed by atoms with van der Waals surface area (Å²) in [6, 6.07) is 4.86. The number of rotatable bonds is 6. The highest BCUT2D eigenvalue weighted by Gasteiger charge is 2.44. The molecule has 2 saturated heterocycles. The third-order valence-electron chi connectivity index (χ3n) is 7.01. The first-order valence-corrected chi connectivity index (χ1v) is 13.4. The van der Waals surface area contributed by atoms with Crippen LogP contribution < -0.4 is 0 Å². The monoisotopic (exact) mass is 671 g/mol. The molecule has 0 amide bonds. The van der Waals surface area contributed by atoms with Crippen LogP contribution in [0.3, 0.4) is 0 Å². The van der Waals surface area contributed by atoms with Crippen LogP contribution in [-0.4, -0.2) is 112 Å². The number of alkyl halides is 9. The first-order valence-electron chi connectivity index (χ1n) is 13.4. The molecular formula is C26H34F9N3O7. The quantitative estimate of drug-likeness (QED) is 0.365. The number of ether oxygens (including phenoxy) is 1. The van der Waals surface area contributed by atoms with Crippen molar-refractivity contribution >= 4 is 17.9 Å². The fraction of sp³-hybridized carbons (Fsp3) is 0.692. The second-order valence-electron chi connectivity index (χ2n) is 10.8. The molecule has 0 aromatic carbocycles. The van der Waals surface area contributed by atoms with Gasteiger partial charge in [-0.2, -0.15) is 39.5 Å². The van der Waals surface area contributed by atoms with Crippen LogP contribution in [-0.2, 0) is 25.7 Å². The number of likely N-dealkylation sites (tertiary alicyclic amines) is 2. The van der Waals surface area contributed by atoms with Gasteiger partial charge in [-0.25, -0.2) is 14.4 Å². The smallest absolute Gasteiger partial charge is 0.475 e. The molecule has 1 aromatic rings. The molecule has 1 unspecified atom stereocenters. The van der Waals surface area contributed by atoms with Crippen LogP contribution in [0.2, 0.25) is 0 Å². The maximum Gasteiger partial charge on any atom is 0.490 e. The summed E-state index contributed by atoms with van der Waals surface area (Å²) < 4.78 is 101. The Morgan fingerprint density at radius 3 is 1.73 bits per heavy atom. The minimum Gasteiger partial charge on any atom is -0.475 e.